The van der Waals surface area contributed by atoms with Gasteiger partial charge in [0.25, 0.3) is 0 Å². The molecule has 0 aliphatic rings. The van der Waals surface area contributed by atoms with Crippen LogP contribution in [0.15, 0.2) is 54.7 Å². The lowest BCUT2D eigenvalue weighted by molar-refractivity contribution is -0.117. The van der Waals surface area contributed by atoms with Crippen LogP contribution in [0.1, 0.15) is 5.56 Å². The Bertz CT molecular complexity index is 990. The molecule has 0 radical (unpaired) electrons. The molecule has 0 fully saturated rings. The van der Waals surface area contributed by atoms with E-state index in [4.69, 9.17) is 5.73 Å². The van der Waals surface area contributed by atoms with Crippen LogP contribution >= 0.6 is 24.8 Å². The smallest absolute Gasteiger partial charge is 0.241 e. The first-order valence-electron chi connectivity index (χ1n) is 9.08. The van der Waals surface area contributed by atoms with Crippen LogP contribution in [0.25, 0.3) is 10.9 Å². The third-order valence-corrected chi connectivity index (χ3v) is 4.33. The number of nitrogens with one attached hydrogen (secondary N) is 3. The molecule has 1 heterocycles. The second-order valence-corrected chi connectivity index (χ2v) is 7.03. The fourth-order valence-electron chi connectivity index (χ4n) is 3.03. The molecular formula is C21H27Cl2N5O2. The highest BCUT2D eigenvalue weighted by molar-refractivity contribution is 5.97. The molecule has 1 aromatic heterocycles. The number of amides is 2. The van der Waals surface area contributed by atoms with Crippen molar-refractivity contribution < 1.29 is 9.59 Å². The molecular weight excluding hydrogens is 425 g/mol. The van der Waals surface area contributed by atoms with Crippen LogP contribution in [0.2, 0.25) is 0 Å². The highest BCUT2D eigenvalue weighted by Gasteiger charge is 2.16. The van der Waals surface area contributed by atoms with Gasteiger partial charge in [-0.3, -0.25) is 9.59 Å². The number of likely N-dealkylation sites (N-methyl/N-ethyl adjacent to an activating group) is 1. The highest BCUT2D eigenvalue weighted by Crippen LogP contribution is 2.20. The van der Waals surface area contributed by atoms with E-state index < -0.39 is 6.04 Å². The number of hydrogen-bond donors (Lipinski definition) is 4. The van der Waals surface area contributed by atoms with E-state index in [0.717, 1.165) is 16.5 Å². The summed E-state index contributed by atoms with van der Waals surface area (Å²) in [7, 11) is 3.65. The summed E-state index contributed by atoms with van der Waals surface area (Å²) in [5, 5.41) is 6.69. The fraction of sp³-hybridized carbons (Fsp3) is 0.238. The number of nitrogens with zero attached hydrogens (tertiary/aromatic N) is 1. The molecule has 2 aromatic carbocycles. The first-order chi connectivity index (χ1) is 13.4. The quantitative estimate of drug-likeness (QED) is 0.443. The molecule has 0 unspecified atom stereocenters. The number of aromatic amines is 1. The molecule has 9 heteroatoms. The first-order valence-corrected chi connectivity index (χ1v) is 9.08. The molecule has 1 atom stereocenters. The number of fused-ring (bicyclic) bond motifs is 1. The van der Waals surface area contributed by atoms with Crippen LogP contribution in [0.3, 0.4) is 0 Å². The van der Waals surface area contributed by atoms with Gasteiger partial charge in [0.05, 0.1) is 12.6 Å². The molecule has 3 aromatic rings. The summed E-state index contributed by atoms with van der Waals surface area (Å²) in [5.41, 5.74) is 9.35. The SMILES string of the molecule is CN(C)CC(=O)Nc1cccc(NC(=O)[C@H](N)Cc2c[nH]c3ccccc23)c1.Cl.Cl. The number of benzene rings is 2. The molecule has 0 aliphatic heterocycles. The number of aromatic nitrogens is 1. The van der Waals surface area contributed by atoms with Crippen molar-refractivity contribution in [2.45, 2.75) is 12.5 Å². The number of anilines is 2. The van der Waals surface area contributed by atoms with Gasteiger partial charge in [0, 0.05) is 28.5 Å². The summed E-state index contributed by atoms with van der Waals surface area (Å²) in [6, 6.07) is 14.2. The van der Waals surface area contributed by atoms with Crippen molar-refractivity contribution in [2.75, 3.05) is 31.3 Å². The van der Waals surface area contributed by atoms with Crippen LogP contribution < -0.4 is 16.4 Å². The van der Waals surface area contributed by atoms with Gasteiger partial charge in [0.15, 0.2) is 0 Å². The van der Waals surface area contributed by atoms with E-state index in [-0.39, 0.29) is 43.2 Å². The fourth-order valence-corrected chi connectivity index (χ4v) is 3.03. The number of halogens is 2. The van der Waals surface area contributed by atoms with Crippen LogP contribution in [0.4, 0.5) is 11.4 Å². The molecule has 30 heavy (non-hydrogen) atoms. The number of carbonyl (C=O) groups excluding carboxylic acids is 2. The maximum atomic E-state index is 12.5. The average molecular weight is 452 g/mol. The summed E-state index contributed by atoms with van der Waals surface area (Å²) in [4.78, 5) is 29.4. The maximum absolute atomic E-state index is 12.5. The van der Waals surface area contributed by atoms with E-state index in [2.05, 4.69) is 15.6 Å². The maximum Gasteiger partial charge on any atom is 0.241 e. The van der Waals surface area contributed by atoms with E-state index >= 15 is 0 Å². The van der Waals surface area contributed by atoms with Gasteiger partial charge < -0.3 is 26.3 Å². The minimum atomic E-state index is -0.689. The normalized spacial score (nSPS) is 11.3. The van der Waals surface area contributed by atoms with Crippen LogP contribution in [0.5, 0.6) is 0 Å². The van der Waals surface area contributed by atoms with Crippen molar-refractivity contribution in [1.82, 2.24) is 9.88 Å². The Labute approximate surface area is 188 Å². The van der Waals surface area contributed by atoms with Gasteiger partial charge >= 0.3 is 0 Å². The predicted molar refractivity (Wildman–Crippen MR) is 127 cm³/mol. The summed E-state index contributed by atoms with van der Waals surface area (Å²) in [6.45, 7) is 0.284. The zero-order valence-corrected chi connectivity index (χ0v) is 18.5. The zero-order chi connectivity index (χ0) is 20.1. The Kier molecular flexibility index (Phi) is 9.81. The molecule has 0 spiro atoms. The second kappa shape index (κ2) is 11.6. The Balaban J connectivity index is 0.00000225. The summed E-state index contributed by atoms with van der Waals surface area (Å²) in [5.74, 6) is -0.397. The van der Waals surface area contributed by atoms with Crippen LogP contribution in [-0.2, 0) is 16.0 Å². The summed E-state index contributed by atoms with van der Waals surface area (Å²) in [6.07, 6.45) is 2.31. The van der Waals surface area contributed by atoms with E-state index in [1.807, 2.05) is 44.6 Å². The standard InChI is InChI=1S/C21H25N5O2.2ClH/c1-26(2)13-20(27)24-15-6-5-7-16(11-15)25-21(28)18(22)10-14-12-23-19-9-4-3-8-17(14)19;;/h3-9,11-12,18,23H,10,13,22H2,1-2H3,(H,24,27)(H,25,28);2*1H/t18-;;/m1../s1. The number of nitrogens with two attached hydrogens (primary N) is 1. The lowest BCUT2D eigenvalue weighted by Crippen LogP contribution is -2.37. The van der Waals surface area contributed by atoms with E-state index in [0.29, 0.717) is 17.8 Å². The number of hydrogen-bond acceptors (Lipinski definition) is 4. The first kappa shape index (κ1) is 25.5. The molecule has 5 N–H and O–H groups in total. The molecule has 7 nitrogen and oxygen atoms in total. The van der Waals surface area contributed by atoms with Gasteiger partial charge in [-0.2, -0.15) is 0 Å². The molecule has 162 valence electrons. The minimum Gasteiger partial charge on any atom is -0.361 e. The van der Waals surface area contributed by atoms with Crippen molar-refractivity contribution in [1.29, 1.82) is 0 Å². The average Bonchev–Trinajstić information content (AvgIpc) is 3.04. The Hall–Kier alpha value is -2.58. The number of rotatable bonds is 7. The van der Waals surface area contributed by atoms with Gasteiger partial charge in [-0.15, -0.1) is 24.8 Å². The summed E-state index contributed by atoms with van der Waals surface area (Å²) < 4.78 is 0. The Morgan fingerprint density at radius 3 is 2.40 bits per heavy atom. The summed E-state index contributed by atoms with van der Waals surface area (Å²) >= 11 is 0. The van der Waals surface area contributed by atoms with Crippen molar-refractivity contribution in [3.8, 4) is 0 Å². The third-order valence-electron chi connectivity index (χ3n) is 4.33. The molecule has 0 saturated heterocycles. The van der Waals surface area contributed by atoms with Gasteiger partial charge in [-0.05, 0) is 50.3 Å². The predicted octanol–water partition coefficient (Wildman–Crippen LogP) is 3.02. The van der Waals surface area contributed by atoms with Crippen LogP contribution in [-0.4, -0.2) is 48.4 Å². The lowest BCUT2D eigenvalue weighted by Gasteiger charge is -2.14. The van der Waals surface area contributed by atoms with E-state index in [1.165, 1.54) is 0 Å². The van der Waals surface area contributed by atoms with Gasteiger partial charge in [0.1, 0.15) is 0 Å². The van der Waals surface area contributed by atoms with Gasteiger partial charge in [-0.1, -0.05) is 24.3 Å². The van der Waals surface area contributed by atoms with E-state index in [9.17, 15) is 9.59 Å². The monoisotopic (exact) mass is 451 g/mol. The van der Waals surface area contributed by atoms with Crippen LogP contribution in [0, 0.1) is 0 Å². The molecule has 2 amide bonds. The van der Waals surface area contributed by atoms with Gasteiger partial charge in [-0.25, -0.2) is 0 Å². The molecule has 0 saturated carbocycles. The number of H-pyrrole nitrogens is 1. The minimum absolute atomic E-state index is 0. The topological polar surface area (TPSA) is 103 Å². The van der Waals surface area contributed by atoms with Crippen molar-refractivity contribution in [3.63, 3.8) is 0 Å². The van der Waals surface area contributed by atoms with Crippen molar-refractivity contribution in [2.24, 2.45) is 5.73 Å². The highest BCUT2D eigenvalue weighted by atomic mass is 35.5. The molecule has 0 bridgehead atoms. The second-order valence-electron chi connectivity index (χ2n) is 7.03. The lowest BCUT2D eigenvalue weighted by atomic mass is 10.0. The number of para-hydroxylation sites is 1. The largest absolute Gasteiger partial charge is 0.361 e. The van der Waals surface area contributed by atoms with Crippen molar-refractivity contribution >= 4 is 58.9 Å². The number of carbonyl (C=O) groups is 2. The van der Waals surface area contributed by atoms with Crippen molar-refractivity contribution in [3.05, 3.63) is 60.3 Å². The Morgan fingerprint density at radius 2 is 1.70 bits per heavy atom. The third kappa shape index (κ3) is 6.74. The van der Waals surface area contributed by atoms with E-state index in [1.54, 1.807) is 29.2 Å². The Morgan fingerprint density at radius 1 is 1.03 bits per heavy atom. The molecule has 0 aliphatic carbocycles. The zero-order valence-electron chi connectivity index (χ0n) is 16.8. The molecule has 3 rings (SSSR count). The van der Waals surface area contributed by atoms with Gasteiger partial charge in [0.2, 0.25) is 11.8 Å².